The van der Waals surface area contributed by atoms with E-state index in [4.69, 9.17) is 15.2 Å². The molecule has 106 valence electrons. The maximum atomic E-state index is 12.0. The van der Waals surface area contributed by atoms with Gasteiger partial charge in [-0.2, -0.15) is 0 Å². The van der Waals surface area contributed by atoms with Gasteiger partial charge in [-0.05, 0) is 39.0 Å². The van der Waals surface area contributed by atoms with E-state index in [-0.39, 0.29) is 11.9 Å². The first-order valence-corrected chi connectivity index (χ1v) is 6.49. The van der Waals surface area contributed by atoms with Crippen molar-refractivity contribution < 1.29 is 14.3 Å². The Morgan fingerprint density at radius 1 is 1.37 bits per heavy atom. The highest BCUT2D eigenvalue weighted by atomic mass is 16.5. The zero-order chi connectivity index (χ0) is 14.3. The average Bonchev–Trinajstić information content (AvgIpc) is 2.38. The molecular formula is C14H22N2O3. The van der Waals surface area contributed by atoms with Gasteiger partial charge in [0.15, 0.2) is 0 Å². The van der Waals surface area contributed by atoms with Crippen LogP contribution in [0, 0.1) is 0 Å². The second kappa shape index (κ2) is 7.63. The van der Waals surface area contributed by atoms with E-state index in [1.54, 1.807) is 18.2 Å². The molecule has 1 atom stereocenters. The summed E-state index contributed by atoms with van der Waals surface area (Å²) in [5.41, 5.74) is 6.81. The van der Waals surface area contributed by atoms with Gasteiger partial charge in [0.05, 0.1) is 18.9 Å². The van der Waals surface area contributed by atoms with E-state index in [2.05, 4.69) is 5.32 Å². The number of hydrogen-bond acceptors (Lipinski definition) is 4. The largest absolute Gasteiger partial charge is 0.492 e. The molecule has 1 amide bonds. The SMILES string of the molecule is CCOCC(C)NC(=O)c1ccc(OCC)c(N)c1. The number of carbonyl (C=O) groups excluding carboxylic acids is 1. The van der Waals surface area contributed by atoms with Gasteiger partial charge in [0.1, 0.15) is 5.75 Å². The molecule has 0 aliphatic heterocycles. The third-order valence-corrected chi connectivity index (χ3v) is 2.52. The van der Waals surface area contributed by atoms with Crippen LogP contribution in [0.25, 0.3) is 0 Å². The van der Waals surface area contributed by atoms with Crippen LogP contribution in [0.2, 0.25) is 0 Å². The Morgan fingerprint density at radius 3 is 2.68 bits per heavy atom. The molecule has 0 heterocycles. The van der Waals surface area contributed by atoms with E-state index in [9.17, 15) is 4.79 Å². The van der Waals surface area contributed by atoms with Gasteiger partial charge in [0.25, 0.3) is 5.91 Å². The van der Waals surface area contributed by atoms with E-state index in [0.717, 1.165) is 0 Å². The maximum Gasteiger partial charge on any atom is 0.251 e. The van der Waals surface area contributed by atoms with Gasteiger partial charge in [0.2, 0.25) is 0 Å². The van der Waals surface area contributed by atoms with Gasteiger partial charge in [-0.25, -0.2) is 0 Å². The molecule has 0 aliphatic rings. The molecule has 1 aromatic rings. The van der Waals surface area contributed by atoms with Crippen molar-refractivity contribution in [2.45, 2.75) is 26.8 Å². The zero-order valence-electron chi connectivity index (χ0n) is 11.7. The van der Waals surface area contributed by atoms with Gasteiger partial charge in [-0.3, -0.25) is 4.79 Å². The van der Waals surface area contributed by atoms with Gasteiger partial charge < -0.3 is 20.5 Å². The van der Waals surface area contributed by atoms with Crippen LogP contribution in [0.3, 0.4) is 0 Å². The Kier molecular flexibility index (Phi) is 6.15. The van der Waals surface area contributed by atoms with Crippen LogP contribution < -0.4 is 15.8 Å². The molecule has 0 bridgehead atoms. The molecule has 0 aromatic heterocycles. The fraction of sp³-hybridized carbons (Fsp3) is 0.500. The highest BCUT2D eigenvalue weighted by Gasteiger charge is 2.11. The zero-order valence-corrected chi connectivity index (χ0v) is 11.7. The summed E-state index contributed by atoms with van der Waals surface area (Å²) in [5.74, 6) is 0.434. The highest BCUT2D eigenvalue weighted by molar-refractivity contribution is 5.95. The lowest BCUT2D eigenvalue weighted by atomic mass is 10.1. The number of amides is 1. The predicted molar refractivity (Wildman–Crippen MR) is 75.4 cm³/mol. The number of carbonyl (C=O) groups is 1. The van der Waals surface area contributed by atoms with Crippen molar-refractivity contribution in [2.75, 3.05) is 25.6 Å². The summed E-state index contributed by atoms with van der Waals surface area (Å²) in [5, 5.41) is 2.85. The molecule has 5 heteroatoms. The second-order valence-electron chi connectivity index (χ2n) is 4.22. The molecule has 0 spiro atoms. The van der Waals surface area contributed by atoms with E-state index in [0.29, 0.717) is 36.8 Å². The lowest BCUT2D eigenvalue weighted by Gasteiger charge is -2.14. The number of nitrogens with two attached hydrogens (primary N) is 1. The number of ether oxygens (including phenoxy) is 2. The van der Waals surface area contributed by atoms with Gasteiger partial charge in [0, 0.05) is 18.2 Å². The van der Waals surface area contributed by atoms with Crippen molar-refractivity contribution in [3.8, 4) is 5.75 Å². The van der Waals surface area contributed by atoms with Crippen LogP contribution in [0.1, 0.15) is 31.1 Å². The first-order valence-electron chi connectivity index (χ1n) is 6.49. The third-order valence-electron chi connectivity index (χ3n) is 2.52. The normalized spacial score (nSPS) is 11.9. The summed E-state index contributed by atoms with van der Waals surface area (Å²) in [6.45, 7) is 7.37. The summed E-state index contributed by atoms with van der Waals surface area (Å²) in [6, 6.07) is 4.99. The summed E-state index contributed by atoms with van der Waals surface area (Å²) < 4.78 is 10.6. The van der Waals surface area contributed by atoms with Gasteiger partial charge >= 0.3 is 0 Å². The molecule has 3 N–H and O–H groups in total. The second-order valence-corrected chi connectivity index (χ2v) is 4.22. The average molecular weight is 266 g/mol. The van der Waals surface area contributed by atoms with Gasteiger partial charge in [-0.15, -0.1) is 0 Å². The fourth-order valence-electron chi connectivity index (χ4n) is 1.62. The first kappa shape index (κ1) is 15.3. The Bertz CT molecular complexity index is 421. The molecule has 0 radical (unpaired) electrons. The van der Waals surface area contributed by atoms with Crippen molar-refractivity contribution in [2.24, 2.45) is 0 Å². The molecule has 0 saturated heterocycles. The van der Waals surface area contributed by atoms with Crippen LogP contribution in [-0.4, -0.2) is 31.8 Å². The molecule has 0 saturated carbocycles. The van der Waals surface area contributed by atoms with Crippen LogP contribution in [0.5, 0.6) is 5.75 Å². The van der Waals surface area contributed by atoms with Crippen molar-refractivity contribution in [3.05, 3.63) is 23.8 Å². The summed E-state index contributed by atoms with van der Waals surface area (Å²) in [4.78, 5) is 12.0. The molecule has 1 rings (SSSR count). The highest BCUT2D eigenvalue weighted by Crippen LogP contribution is 2.22. The van der Waals surface area contributed by atoms with E-state index in [1.165, 1.54) is 0 Å². The minimum absolute atomic E-state index is 0.0414. The van der Waals surface area contributed by atoms with Crippen LogP contribution in [0.15, 0.2) is 18.2 Å². The molecule has 0 aliphatic carbocycles. The topological polar surface area (TPSA) is 73.6 Å². The summed E-state index contributed by atoms with van der Waals surface area (Å²) in [7, 11) is 0. The van der Waals surface area contributed by atoms with Crippen LogP contribution >= 0.6 is 0 Å². The number of nitrogens with one attached hydrogen (secondary N) is 1. The van der Waals surface area contributed by atoms with E-state index < -0.39 is 0 Å². The Labute approximate surface area is 114 Å². The molecule has 1 unspecified atom stereocenters. The Balaban J connectivity index is 2.64. The molecule has 1 aromatic carbocycles. The smallest absolute Gasteiger partial charge is 0.251 e. The van der Waals surface area contributed by atoms with Crippen molar-refractivity contribution >= 4 is 11.6 Å². The van der Waals surface area contributed by atoms with Gasteiger partial charge in [-0.1, -0.05) is 0 Å². The summed E-state index contributed by atoms with van der Waals surface area (Å²) >= 11 is 0. The van der Waals surface area contributed by atoms with Crippen LogP contribution in [-0.2, 0) is 4.74 Å². The summed E-state index contributed by atoms with van der Waals surface area (Å²) in [6.07, 6.45) is 0. The standard InChI is InChI=1S/C14H22N2O3/c1-4-18-9-10(3)16-14(17)11-6-7-13(19-5-2)12(15)8-11/h6-8,10H,4-5,9,15H2,1-3H3,(H,16,17). The fourth-order valence-corrected chi connectivity index (χ4v) is 1.62. The molecular weight excluding hydrogens is 244 g/mol. The van der Waals surface area contributed by atoms with Crippen molar-refractivity contribution in [3.63, 3.8) is 0 Å². The minimum Gasteiger partial charge on any atom is -0.492 e. The molecule has 19 heavy (non-hydrogen) atoms. The van der Waals surface area contributed by atoms with Crippen molar-refractivity contribution in [1.82, 2.24) is 5.32 Å². The number of rotatable bonds is 7. The number of hydrogen-bond donors (Lipinski definition) is 2. The first-order chi connectivity index (χ1) is 9.08. The third kappa shape index (κ3) is 4.79. The number of benzene rings is 1. The Morgan fingerprint density at radius 2 is 2.11 bits per heavy atom. The maximum absolute atomic E-state index is 12.0. The van der Waals surface area contributed by atoms with Crippen molar-refractivity contribution in [1.29, 1.82) is 0 Å². The van der Waals surface area contributed by atoms with E-state index in [1.807, 2.05) is 20.8 Å². The molecule has 5 nitrogen and oxygen atoms in total. The lowest BCUT2D eigenvalue weighted by Crippen LogP contribution is -2.35. The quantitative estimate of drug-likeness (QED) is 0.738. The number of anilines is 1. The minimum atomic E-state index is -0.165. The predicted octanol–water partition coefficient (Wildman–Crippen LogP) is 1.82. The lowest BCUT2D eigenvalue weighted by molar-refractivity contribution is 0.0872. The molecule has 0 fully saturated rings. The monoisotopic (exact) mass is 266 g/mol. The van der Waals surface area contributed by atoms with Crippen LogP contribution in [0.4, 0.5) is 5.69 Å². The number of nitrogen functional groups attached to an aromatic ring is 1. The Hall–Kier alpha value is -1.75. The van der Waals surface area contributed by atoms with E-state index >= 15 is 0 Å².